The highest BCUT2D eigenvalue weighted by Gasteiger charge is 2.29. The van der Waals surface area contributed by atoms with Crippen LogP contribution in [0.25, 0.3) is 10.8 Å². The maximum Gasteiger partial charge on any atom is 0.275 e. The predicted molar refractivity (Wildman–Crippen MR) is 109 cm³/mol. The van der Waals surface area contributed by atoms with E-state index in [1.807, 2.05) is 36.4 Å². The topological polar surface area (TPSA) is 93.9 Å². The first kappa shape index (κ1) is 19.8. The molecule has 0 aliphatic carbocycles. The molecule has 1 saturated heterocycles. The third-order valence-electron chi connectivity index (χ3n) is 5.03. The quantitative estimate of drug-likeness (QED) is 0.673. The van der Waals surface area contributed by atoms with Gasteiger partial charge in [-0.15, -0.1) is 0 Å². The Morgan fingerprint density at radius 3 is 2.73 bits per heavy atom. The largest absolute Gasteiger partial charge is 0.497 e. The Hall–Kier alpha value is -3.55. The van der Waals surface area contributed by atoms with Crippen LogP contribution in [0, 0.1) is 0 Å². The van der Waals surface area contributed by atoms with Crippen LogP contribution in [0.5, 0.6) is 11.5 Å². The third kappa shape index (κ3) is 4.37. The Balaban J connectivity index is 1.37. The Kier molecular flexibility index (Phi) is 5.56. The molecule has 3 aromatic rings. The zero-order valence-electron chi connectivity index (χ0n) is 16.9. The van der Waals surface area contributed by atoms with Gasteiger partial charge < -0.3 is 24.1 Å². The molecule has 4 rings (SSSR count). The van der Waals surface area contributed by atoms with Crippen molar-refractivity contribution >= 4 is 22.6 Å². The first-order valence-electron chi connectivity index (χ1n) is 9.73. The highest BCUT2D eigenvalue weighted by Crippen LogP contribution is 2.25. The molecule has 0 bridgehead atoms. The lowest BCUT2D eigenvalue weighted by molar-refractivity contribution is -0.119. The molecule has 1 atom stereocenters. The van der Waals surface area contributed by atoms with E-state index >= 15 is 0 Å². The van der Waals surface area contributed by atoms with Gasteiger partial charge in [-0.25, -0.2) is 4.98 Å². The maximum absolute atomic E-state index is 12.6. The highest BCUT2D eigenvalue weighted by atomic mass is 16.5. The zero-order valence-corrected chi connectivity index (χ0v) is 16.9. The van der Waals surface area contributed by atoms with Crippen molar-refractivity contribution < 1.29 is 23.5 Å². The van der Waals surface area contributed by atoms with Gasteiger partial charge in [0.15, 0.2) is 12.3 Å². The Bertz CT molecular complexity index is 1080. The van der Waals surface area contributed by atoms with Crippen molar-refractivity contribution in [1.82, 2.24) is 15.2 Å². The number of fused-ring (bicyclic) bond motifs is 1. The Morgan fingerprint density at radius 1 is 1.20 bits per heavy atom. The molecule has 8 heteroatoms. The first-order valence-corrected chi connectivity index (χ1v) is 9.73. The maximum atomic E-state index is 12.6. The second kappa shape index (κ2) is 8.44. The number of nitrogens with one attached hydrogen (secondary N) is 1. The van der Waals surface area contributed by atoms with E-state index in [-0.39, 0.29) is 30.2 Å². The fourth-order valence-corrected chi connectivity index (χ4v) is 3.55. The van der Waals surface area contributed by atoms with Gasteiger partial charge in [0.1, 0.15) is 17.8 Å². The monoisotopic (exact) mass is 409 g/mol. The standard InChI is InChI=1S/C22H23N3O5/c1-14(26)23-17-7-8-25(11-17)22(27)20-12-30-21(24-20)13-29-19-6-4-15-3-5-18(28-2)9-16(15)10-19/h3-6,9-10,12,17H,7-8,11,13H2,1-2H3,(H,23,26)/t17-/m0/s1. The Labute approximate surface area is 173 Å². The number of nitrogens with zero attached hydrogens (tertiary/aromatic N) is 2. The van der Waals surface area contributed by atoms with Crippen LogP contribution >= 0.6 is 0 Å². The van der Waals surface area contributed by atoms with Gasteiger partial charge in [0.25, 0.3) is 5.91 Å². The van der Waals surface area contributed by atoms with Gasteiger partial charge in [-0.05, 0) is 41.5 Å². The number of likely N-dealkylation sites (tertiary alicyclic amines) is 1. The number of benzene rings is 2. The number of oxazole rings is 1. The van der Waals surface area contributed by atoms with Crippen molar-refractivity contribution in [1.29, 1.82) is 0 Å². The lowest BCUT2D eigenvalue weighted by Crippen LogP contribution is -2.37. The number of ether oxygens (including phenoxy) is 2. The van der Waals surface area contributed by atoms with Crippen LogP contribution in [-0.4, -0.2) is 47.9 Å². The number of carbonyl (C=O) groups is 2. The molecule has 1 N–H and O–H groups in total. The lowest BCUT2D eigenvalue weighted by Gasteiger charge is -2.15. The summed E-state index contributed by atoms with van der Waals surface area (Å²) in [7, 11) is 1.63. The molecule has 2 heterocycles. The summed E-state index contributed by atoms with van der Waals surface area (Å²) in [6, 6.07) is 11.6. The molecule has 30 heavy (non-hydrogen) atoms. The molecular weight excluding hydrogens is 386 g/mol. The smallest absolute Gasteiger partial charge is 0.275 e. The first-order chi connectivity index (χ1) is 14.5. The molecule has 8 nitrogen and oxygen atoms in total. The van der Waals surface area contributed by atoms with Gasteiger partial charge in [-0.2, -0.15) is 0 Å². The van der Waals surface area contributed by atoms with Crippen LogP contribution < -0.4 is 14.8 Å². The molecule has 2 aromatic carbocycles. The van der Waals surface area contributed by atoms with E-state index in [0.29, 0.717) is 24.7 Å². The minimum absolute atomic E-state index is 0.0207. The molecule has 0 spiro atoms. The fraction of sp³-hybridized carbons (Fsp3) is 0.318. The molecule has 1 aromatic heterocycles. The normalized spacial score (nSPS) is 15.9. The van der Waals surface area contributed by atoms with E-state index in [9.17, 15) is 9.59 Å². The zero-order chi connectivity index (χ0) is 21.1. The summed E-state index contributed by atoms with van der Waals surface area (Å²) in [5, 5.41) is 4.91. The van der Waals surface area contributed by atoms with Crippen molar-refractivity contribution in [3.8, 4) is 11.5 Å². The molecule has 156 valence electrons. The van der Waals surface area contributed by atoms with Crippen molar-refractivity contribution in [2.45, 2.75) is 26.0 Å². The minimum atomic E-state index is -0.212. The lowest BCUT2D eigenvalue weighted by atomic mass is 10.1. The van der Waals surface area contributed by atoms with Crippen LogP contribution in [0.15, 0.2) is 47.1 Å². The van der Waals surface area contributed by atoms with E-state index in [0.717, 1.165) is 22.9 Å². The van der Waals surface area contributed by atoms with Crippen molar-refractivity contribution in [3.05, 3.63) is 54.2 Å². The summed E-state index contributed by atoms with van der Waals surface area (Å²) in [6.45, 7) is 2.62. The van der Waals surface area contributed by atoms with Crippen LogP contribution in [0.4, 0.5) is 0 Å². The van der Waals surface area contributed by atoms with Gasteiger partial charge in [0.05, 0.1) is 7.11 Å². The third-order valence-corrected chi connectivity index (χ3v) is 5.03. The number of rotatable bonds is 6. The number of hydrogen-bond donors (Lipinski definition) is 1. The second-order valence-corrected chi connectivity index (χ2v) is 7.23. The minimum Gasteiger partial charge on any atom is -0.497 e. The molecular formula is C22H23N3O5. The summed E-state index contributed by atoms with van der Waals surface area (Å²) in [6.07, 6.45) is 2.07. The summed E-state index contributed by atoms with van der Waals surface area (Å²) in [4.78, 5) is 29.7. The Morgan fingerprint density at radius 2 is 1.97 bits per heavy atom. The van der Waals surface area contributed by atoms with Crippen molar-refractivity contribution in [3.63, 3.8) is 0 Å². The average Bonchev–Trinajstić information content (AvgIpc) is 3.40. The summed E-state index contributed by atoms with van der Waals surface area (Å²) >= 11 is 0. The van der Waals surface area contributed by atoms with E-state index in [4.69, 9.17) is 13.9 Å². The molecule has 0 saturated carbocycles. The highest BCUT2D eigenvalue weighted by molar-refractivity contribution is 5.92. The number of methoxy groups -OCH3 is 1. The summed E-state index contributed by atoms with van der Waals surface area (Å²) in [5.41, 5.74) is 0.236. The molecule has 1 aliphatic rings. The molecule has 0 unspecified atom stereocenters. The predicted octanol–water partition coefficient (Wildman–Crippen LogP) is 2.77. The van der Waals surface area contributed by atoms with E-state index < -0.39 is 0 Å². The summed E-state index contributed by atoms with van der Waals surface area (Å²) < 4.78 is 16.5. The van der Waals surface area contributed by atoms with Gasteiger partial charge in [-0.1, -0.05) is 12.1 Å². The number of aromatic nitrogens is 1. The molecule has 1 aliphatic heterocycles. The fourth-order valence-electron chi connectivity index (χ4n) is 3.55. The van der Waals surface area contributed by atoms with Gasteiger partial charge in [0, 0.05) is 26.1 Å². The number of hydrogen-bond acceptors (Lipinski definition) is 6. The van der Waals surface area contributed by atoms with Crippen LogP contribution in [0.1, 0.15) is 29.7 Å². The van der Waals surface area contributed by atoms with Crippen molar-refractivity contribution in [2.75, 3.05) is 20.2 Å². The van der Waals surface area contributed by atoms with Crippen LogP contribution in [0.2, 0.25) is 0 Å². The second-order valence-electron chi connectivity index (χ2n) is 7.23. The van der Waals surface area contributed by atoms with Crippen LogP contribution in [-0.2, 0) is 11.4 Å². The number of amides is 2. The van der Waals surface area contributed by atoms with E-state index in [1.165, 1.54) is 13.2 Å². The van der Waals surface area contributed by atoms with Gasteiger partial charge >= 0.3 is 0 Å². The SMILES string of the molecule is COc1ccc2ccc(OCc3nc(C(=O)N4CC[C@H](NC(C)=O)C4)co3)cc2c1. The average molecular weight is 409 g/mol. The van der Waals surface area contributed by atoms with E-state index in [2.05, 4.69) is 10.3 Å². The molecule has 2 amide bonds. The number of carbonyl (C=O) groups excluding carboxylic acids is 2. The van der Waals surface area contributed by atoms with E-state index in [1.54, 1.807) is 12.0 Å². The van der Waals surface area contributed by atoms with Gasteiger partial charge in [-0.3, -0.25) is 9.59 Å². The summed E-state index contributed by atoms with van der Waals surface area (Å²) in [5.74, 6) is 1.46. The van der Waals surface area contributed by atoms with Crippen LogP contribution in [0.3, 0.4) is 0 Å². The van der Waals surface area contributed by atoms with Gasteiger partial charge in [0.2, 0.25) is 11.8 Å². The van der Waals surface area contributed by atoms with Crippen molar-refractivity contribution in [2.24, 2.45) is 0 Å². The molecule has 0 radical (unpaired) electrons. The molecule has 1 fully saturated rings.